The van der Waals surface area contributed by atoms with Gasteiger partial charge in [0.15, 0.2) is 0 Å². The van der Waals surface area contributed by atoms with Crippen LogP contribution in [0.5, 0.6) is 11.6 Å². The molecule has 0 saturated heterocycles. The molecule has 128 valence electrons. The molecule has 2 aromatic heterocycles. The number of hydrogen-bond acceptors (Lipinski definition) is 4. The molecule has 2 aromatic carbocycles. The number of fused-ring (bicyclic) bond motifs is 1. The molecule has 5 heteroatoms. The van der Waals surface area contributed by atoms with Crippen LogP contribution in [0.3, 0.4) is 0 Å². The maximum atomic E-state index is 12.8. The lowest BCUT2D eigenvalue weighted by Crippen LogP contribution is -2.10. The van der Waals surface area contributed by atoms with Crippen molar-refractivity contribution in [2.24, 2.45) is 5.73 Å². The first-order valence-electron chi connectivity index (χ1n) is 8.29. The van der Waals surface area contributed by atoms with E-state index >= 15 is 0 Å². The number of carbonyl (C=O) groups is 1. The first-order valence-corrected chi connectivity index (χ1v) is 8.29. The zero-order valence-corrected chi connectivity index (χ0v) is 14.0. The number of ether oxygens (including phenoxy) is 1. The van der Waals surface area contributed by atoms with Gasteiger partial charge in [-0.05, 0) is 42.0 Å². The number of nitrogens with two attached hydrogens (primary N) is 1. The molecule has 0 saturated carbocycles. The highest BCUT2D eigenvalue weighted by Gasteiger charge is 2.14. The Morgan fingerprint density at radius 3 is 2.69 bits per heavy atom. The molecule has 0 aliphatic heterocycles. The van der Waals surface area contributed by atoms with E-state index in [1.807, 2.05) is 54.6 Å². The smallest absolute Gasteiger partial charge is 0.262 e. The van der Waals surface area contributed by atoms with Crippen LogP contribution in [0, 0.1) is 0 Å². The SMILES string of the molecule is NCc1ccnc(Oc2cccc3c2ccn3C(=O)c2ccccc2)c1. The van der Waals surface area contributed by atoms with E-state index in [-0.39, 0.29) is 5.91 Å². The zero-order chi connectivity index (χ0) is 17.9. The third kappa shape index (κ3) is 2.96. The lowest BCUT2D eigenvalue weighted by Gasteiger charge is -2.08. The van der Waals surface area contributed by atoms with Gasteiger partial charge in [-0.2, -0.15) is 0 Å². The van der Waals surface area contributed by atoms with Gasteiger partial charge in [-0.3, -0.25) is 9.36 Å². The Morgan fingerprint density at radius 2 is 1.88 bits per heavy atom. The molecular formula is C21H17N3O2. The Balaban J connectivity index is 1.72. The topological polar surface area (TPSA) is 70.1 Å². The van der Waals surface area contributed by atoms with Crippen LogP contribution < -0.4 is 10.5 Å². The van der Waals surface area contributed by atoms with Crippen LogP contribution in [-0.2, 0) is 6.54 Å². The van der Waals surface area contributed by atoms with Crippen molar-refractivity contribution in [1.82, 2.24) is 9.55 Å². The molecule has 5 nitrogen and oxygen atoms in total. The first kappa shape index (κ1) is 16.1. The molecule has 0 spiro atoms. The van der Waals surface area contributed by atoms with Gasteiger partial charge in [0, 0.05) is 36.0 Å². The van der Waals surface area contributed by atoms with Crippen molar-refractivity contribution in [3.63, 3.8) is 0 Å². The van der Waals surface area contributed by atoms with Gasteiger partial charge in [0.2, 0.25) is 5.88 Å². The molecule has 0 aliphatic carbocycles. The summed E-state index contributed by atoms with van der Waals surface area (Å²) in [4.78, 5) is 17.0. The molecule has 0 atom stereocenters. The van der Waals surface area contributed by atoms with E-state index in [4.69, 9.17) is 10.5 Å². The largest absolute Gasteiger partial charge is 0.438 e. The van der Waals surface area contributed by atoms with Crippen molar-refractivity contribution in [2.75, 3.05) is 0 Å². The second-order valence-corrected chi connectivity index (χ2v) is 5.85. The number of benzene rings is 2. The van der Waals surface area contributed by atoms with Crippen LogP contribution in [0.15, 0.2) is 79.1 Å². The Labute approximate surface area is 150 Å². The Hall–Kier alpha value is -3.44. The summed E-state index contributed by atoms with van der Waals surface area (Å²) in [5.41, 5.74) is 8.03. The van der Waals surface area contributed by atoms with E-state index < -0.39 is 0 Å². The number of carbonyl (C=O) groups excluding carboxylic acids is 1. The predicted octanol–water partition coefficient (Wildman–Crippen LogP) is 3.98. The van der Waals surface area contributed by atoms with Gasteiger partial charge in [0.05, 0.1) is 5.52 Å². The fraction of sp³-hybridized carbons (Fsp3) is 0.0476. The van der Waals surface area contributed by atoms with Crippen LogP contribution in [0.25, 0.3) is 10.9 Å². The fourth-order valence-corrected chi connectivity index (χ4v) is 2.87. The molecule has 26 heavy (non-hydrogen) atoms. The Bertz CT molecular complexity index is 1070. The van der Waals surface area contributed by atoms with Gasteiger partial charge in [0.1, 0.15) is 5.75 Å². The highest BCUT2D eigenvalue weighted by Crippen LogP contribution is 2.30. The molecule has 4 aromatic rings. The molecule has 0 unspecified atom stereocenters. The maximum absolute atomic E-state index is 12.8. The number of nitrogens with zero attached hydrogens (tertiary/aromatic N) is 2. The van der Waals surface area contributed by atoms with Crippen LogP contribution in [0.1, 0.15) is 15.9 Å². The summed E-state index contributed by atoms with van der Waals surface area (Å²) in [6, 6.07) is 20.3. The number of rotatable bonds is 4. The van der Waals surface area contributed by atoms with E-state index in [0.717, 1.165) is 16.5 Å². The van der Waals surface area contributed by atoms with Gasteiger partial charge in [-0.25, -0.2) is 4.98 Å². The Morgan fingerprint density at radius 1 is 1.04 bits per heavy atom. The molecule has 0 radical (unpaired) electrons. The molecule has 2 N–H and O–H groups in total. The van der Waals surface area contributed by atoms with E-state index in [1.165, 1.54) is 0 Å². The molecule has 4 rings (SSSR count). The van der Waals surface area contributed by atoms with Crippen molar-refractivity contribution in [3.05, 3.63) is 90.3 Å². The fourth-order valence-electron chi connectivity index (χ4n) is 2.87. The summed E-state index contributed by atoms with van der Waals surface area (Å²) in [5, 5.41) is 0.844. The maximum Gasteiger partial charge on any atom is 0.262 e. The summed E-state index contributed by atoms with van der Waals surface area (Å²) in [7, 11) is 0. The summed E-state index contributed by atoms with van der Waals surface area (Å²) < 4.78 is 7.57. The summed E-state index contributed by atoms with van der Waals surface area (Å²) in [6.45, 7) is 0.422. The van der Waals surface area contributed by atoms with Crippen LogP contribution >= 0.6 is 0 Å². The van der Waals surface area contributed by atoms with Crippen molar-refractivity contribution in [3.8, 4) is 11.6 Å². The van der Waals surface area contributed by atoms with E-state index in [2.05, 4.69) is 4.98 Å². The highest BCUT2D eigenvalue weighted by molar-refractivity contribution is 6.03. The summed E-state index contributed by atoms with van der Waals surface area (Å²) in [6.07, 6.45) is 3.43. The second-order valence-electron chi connectivity index (χ2n) is 5.85. The van der Waals surface area contributed by atoms with Crippen LogP contribution in [0.2, 0.25) is 0 Å². The first-order chi connectivity index (χ1) is 12.8. The molecule has 2 heterocycles. The average Bonchev–Trinajstić information content (AvgIpc) is 3.13. The Kier molecular flexibility index (Phi) is 4.21. The standard InChI is InChI=1S/C21H17N3O2/c22-14-15-9-11-23-20(13-15)26-19-8-4-7-18-17(19)10-12-24(18)21(25)16-5-2-1-3-6-16/h1-13H,14,22H2. The van der Waals surface area contributed by atoms with Crippen molar-refractivity contribution in [2.45, 2.75) is 6.54 Å². The minimum Gasteiger partial charge on any atom is -0.438 e. The molecular weight excluding hydrogens is 326 g/mol. The van der Waals surface area contributed by atoms with Gasteiger partial charge < -0.3 is 10.5 Å². The molecule has 0 bridgehead atoms. The minimum atomic E-state index is -0.0824. The summed E-state index contributed by atoms with van der Waals surface area (Å²) in [5.74, 6) is 1.03. The van der Waals surface area contributed by atoms with E-state index in [0.29, 0.717) is 23.7 Å². The lowest BCUT2D eigenvalue weighted by molar-refractivity contribution is 0.0965. The zero-order valence-electron chi connectivity index (χ0n) is 14.0. The predicted molar refractivity (Wildman–Crippen MR) is 100 cm³/mol. The highest BCUT2D eigenvalue weighted by atomic mass is 16.5. The number of aromatic nitrogens is 2. The van der Waals surface area contributed by atoms with Crippen molar-refractivity contribution in [1.29, 1.82) is 0 Å². The third-order valence-corrected chi connectivity index (χ3v) is 4.18. The van der Waals surface area contributed by atoms with Gasteiger partial charge in [0.25, 0.3) is 5.91 Å². The molecule has 0 amide bonds. The quantitative estimate of drug-likeness (QED) is 0.608. The number of pyridine rings is 1. The van der Waals surface area contributed by atoms with E-state index in [9.17, 15) is 4.79 Å². The molecule has 0 fully saturated rings. The molecule has 0 aliphatic rings. The lowest BCUT2D eigenvalue weighted by atomic mass is 10.2. The number of hydrogen-bond donors (Lipinski definition) is 1. The third-order valence-electron chi connectivity index (χ3n) is 4.18. The monoisotopic (exact) mass is 343 g/mol. The van der Waals surface area contributed by atoms with Crippen molar-refractivity contribution < 1.29 is 9.53 Å². The van der Waals surface area contributed by atoms with Crippen molar-refractivity contribution >= 4 is 16.8 Å². The summed E-state index contributed by atoms with van der Waals surface area (Å²) >= 11 is 0. The van der Waals surface area contributed by atoms with Gasteiger partial charge in [-0.15, -0.1) is 0 Å². The van der Waals surface area contributed by atoms with Gasteiger partial charge in [-0.1, -0.05) is 24.3 Å². The van der Waals surface area contributed by atoms with Gasteiger partial charge >= 0.3 is 0 Å². The van der Waals surface area contributed by atoms with Crippen LogP contribution in [0.4, 0.5) is 0 Å². The average molecular weight is 343 g/mol. The van der Waals surface area contributed by atoms with Crippen LogP contribution in [-0.4, -0.2) is 15.5 Å². The normalized spacial score (nSPS) is 10.8. The van der Waals surface area contributed by atoms with E-state index in [1.54, 1.807) is 29.1 Å². The minimum absolute atomic E-state index is 0.0824. The second kappa shape index (κ2) is 6.82.